The summed E-state index contributed by atoms with van der Waals surface area (Å²) in [5, 5.41) is 6.60. The molecule has 202 valence electrons. The second-order valence-electron chi connectivity index (χ2n) is 13.5. The largest absolute Gasteiger partial charge is 0.457 e. The molecule has 6 aromatic rings. The smallest absolute Gasteiger partial charge is 0.247 e. The Bertz CT molecular complexity index is 2490. The van der Waals surface area contributed by atoms with Gasteiger partial charge in [0.2, 0.25) is 6.71 Å². The van der Waals surface area contributed by atoms with E-state index in [9.17, 15) is 0 Å². The van der Waals surface area contributed by atoms with Crippen LogP contribution < -0.4 is 21.1 Å². The Labute approximate surface area is 254 Å². The van der Waals surface area contributed by atoms with E-state index >= 15 is 0 Å². The summed E-state index contributed by atoms with van der Waals surface area (Å²) in [6, 6.07) is 26.2. The Kier molecular flexibility index (Phi) is 3.10. The van der Waals surface area contributed by atoms with Crippen LogP contribution in [0.4, 0.5) is 0 Å². The number of aryl methyl sites for hydroxylation is 2. The maximum atomic E-state index is 8.80. The number of nitrogens with zero attached hydrogens (tertiary/aromatic N) is 2. The maximum absolute atomic E-state index is 8.80. The SMILES string of the molecule is [2H]C([2H])([2H])c1cc2c3c4c1-c1cccc5c1C4c1c(cccc1B3c1cc3c(c4c(C)nn-2c14)C1(CCCC1)c1ccccc1-3)O5. The van der Waals surface area contributed by atoms with Gasteiger partial charge in [0.1, 0.15) is 11.5 Å². The van der Waals surface area contributed by atoms with Gasteiger partial charge in [-0.15, -0.1) is 0 Å². The number of benzene rings is 5. The molecule has 12 rings (SSSR count). The Hall–Kier alpha value is -4.57. The van der Waals surface area contributed by atoms with Gasteiger partial charge in [-0.2, -0.15) is 5.10 Å². The van der Waals surface area contributed by atoms with Gasteiger partial charge in [0.25, 0.3) is 0 Å². The lowest BCUT2D eigenvalue weighted by Crippen LogP contribution is -2.61. The minimum atomic E-state index is -2.29. The van der Waals surface area contributed by atoms with Crippen molar-refractivity contribution in [3.63, 3.8) is 0 Å². The van der Waals surface area contributed by atoms with Crippen LogP contribution in [0.15, 0.2) is 72.8 Å². The number of aromatic nitrogens is 2. The molecule has 3 aliphatic carbocycles. The van der Waals surface area contributed by atoms with Crippen LogP contribution in [0.3, 0.4) is 0 Å². The van der Waals surface area contributed by atoms with Gasteiger partial charge in [0.15, 0.2) is 0 Å². The molecule has 1 atom stereocenters. The van der Waals surface area contributed by atoms with Crippen LogP contribution in [0.2, 0.25) is 0 Å². The highest BCUT2D eigenvalue weighted by Crippen LogP contribution is 2.61. The van der Waals surface area contributed by atoms with E-state index in [1.165, 1.54) is 62.4 Å². The lowest BCUT2D eigenvalue weighted by molar-refractivity contribution is 0.456. The van der Waals surface area contributed by atoms with Crippen LogP contribution in [-0.4, -0.2) is 16.5 Å². The fourth-order valence-electron chi connectivity index (χ4n) is 10.6. The molecule has 0 bridgehead atoms. The minimum Gasteiger partial charge on any atom is -0.457 e. The third-order valence-electron chi connectivity index (χ3n) is 11.9. The van der Waals surface area contributed by atoms with Crippen LogP contribution >= 0.6 is 0 Å². The van der Waals surface area contributed by atoms with E-state index in [4.69, 9.17) is 13.9 Å². The topological polar surface area (TPSA) is 27.1 Å². The summed E-state index contributed by atoms with van der Waals surface area (Å²) in [5.41, 5.74) is 18.2. The van der Waals surface area contributed by atoms with Crippen molar-refractivity contribution in [2.24, 2.45) is 0 Å². The molecule has 1 fully saturated rings. The second-order valence-corrected chi connectivity index (χ2v) is 13.5. The van der Waals surface area contributed by atoms with Gasteiger partial charge in [-0.05, 0) is 100 Å². The summed E-state index contributed by atoms with van der Waals surface area (Å²) in [6.45, 7) is -0.184. The summed E-state index contributed by atoms with van der Waals surface area (Å²) in [6.07, 6.45) is 4.75. The van der Waals surface area contributed by atoms with E-state index in [2.05, 4.69) is 66.2 Å². The van der Waals surface area contributed by atoms with Crippen LogP contribution in [0, 0.1) is 13.8 Å². The Morgan fingerprint density at radius 3 is 2.58 bits per heavy atom. The van der Waals surface area contributed by atoms with E-state index in [0.29, 0.717) is 5.56 Å². The van der Waals surface area contributed by atoms with Gasteiger partial charge in [-0.25, -0.2) is 4.68 Å². The summed E-state index contributed by atoms with van der Waals surface area (Å²) >= 11 is 0. The first-order chi connectivity index (χ1) is 22.4. The van der Waals surface area contributed by atoms with Crippen molar-refractivity contribution in [3.05, 3.63) is 112 Å². The first kappa shape index (κ1) is 19.6. The first-order valence-corrected chi connectivity index (χ1v) is 15.7. The summed E-state index contributed by atoms with van der Waals surface area (Å²) in [5.74, 6) is 1.66. The molecule has 6 aliphatic rings. The Morgan fingerprint density at radius 1 is 0.884 bits per heavy atom. The van der Waals surface area contributed by atoms with E-state index in [0.717, 1.165) is 63.5 Å². The Morgan fingerprint density at radius 2 is 1.70 bits per heavy atom. The normalized spacial score (nSPS) is 20.4. The first-order valence-electron chi connectivity index (χ1n) is 17.2. The zero-order chi connectivity index (χ0) is 30.4. The van der Waals surface area contributed by atoms with Crippen LogP contribution in [0.5, 0.6) is 11.5 Å². The van der Waals surface area contributed by atoms with Gasteiger partial charge in [-0.1, -0.05) is 72.9 Å². The molecule has 1 spiro atoms. The molecule has 1 saturated carbocycles. The van der Waals surface area contributed by atoms with Gasteiger partial charge in [0.05, 0.1) is 16.9 Å². The number of hydrogen-bond donors (Lipinski definition) is 0. The molecule has 4 heteroatoms. The highest BCUT2D eigenvalue weighted by atomic mass is 16.5. The van der Waals surface area contributed by atoms with Crippen LogP contribution in [0.25, 0.3) is 38.8 Å². The lowest BCUT2D eigenvalue weighted by atomic mass is 9.31. The molecule has 1 unspecified atom stereocenters. The van der Waals surface area contributed by atoms with Crippen molar-refractivity contribution in [1.29, 1.82) is 0 Å². The number of ether oxygens (including phenoxy) is 1. The Balaban J connectivity index is 1.30. The van der Waals surface area contributed by atoms with Gasteiger partial charge in [-0.3, -0.25) is 0 Å². The van der Waals surface area contributed by atoms with Crippen LogP contribution in [-0.2, 0) is 5.41 Å². The molecular formula is C39H27BN2O. The molecule has 0 saturated heterocycles. The monoisotopic (exact) mass is 553 g/mol. The van der Waals surface area contributed by atoms with Crippen molar-refractivity contribution in [2.45, 2.75) is 50.8 Å². The fraction of sp³-hybridized carbons (Fsp3) is 0.205. The van der Waals surface area contributed by atoms with E-state index in [1.54, 1.807) is 0 Å². The predicted octanol–water partition coefficient (Wildman–Crippen LogP) is 6.89. The zero-order valence-corrected chi connectivity index (χ0v) is 23.7. The summed E-state index contributed by atoms with van der Waals surface area (Å²) in [4.78, 5) is 0. The highest BCUT2D eigenvalue weighted by molar-refractivity contribution is 6.99. The van der Waals surface area contributed by atoms with Crippen molar-refractivity contribution in [1.82, 2.24) is 9.78 Å². The molecule has 0 N–H and O–H groups in total. The third-order valence-corrected chi connectivity index (χ3v) is 11.9. The predicted molar refractivity (Wildman–Crippen MR) is 173 cm³/mol. The molecule has 3 nitrogen and oxygen atoms in total. The number of rotatable bonds is 0. The highest BCUT2D eigenvalue weighted by Gasteiger charge is 2.53. The summed E-state index contributed by atoms with van der Waals surface area (Å²) < 4.78 is 35.2. The molecule has 3 aliphatic heterocycles. The average molecular weight is 553 g/mol. The minimum absolute atomic E-state index is 0.000594. The van der Waals surface area contributed by atoms with Crippen LogP contribution in [0.1, 0.15) is 74.8 Å². The molecule has 0 radical (unpaired) electrons. The zero-order valence-electron chi connectivity index (χ0n) is 26.7. The van der Waals surface area contributed by atoms with E-state index < -0.39 is 6.85 Å². The van der Waals surface area contributed by atoms with Crippen molar-refractivity contribution in [3.8, 4) is 39.4 Å². The van der Waals surface area contributed by atoms with E-state index in [1.807, 2.05) is 18.2 Å². The van der Waals surface area contributed by atoms with Gasteiger partial charge >= 0.3 is 0 Å². The maximum Gasteiger partial charge on any atom is 0.247 e. The average Bonchev–Trinajstić information content (AvgIpc) is 3.82. The molecule has 0 amide bonds. The van der Waals surface area contributed by atoms with Gasteiger partial charge < -0.3 is 4.74 Å². The van der Waals surface area contributed by atoms with E-state index in [-0.39, 0.29) is 18.0 Å². The van der Waals surface area contributed by atoms with Crippen molar-refractivity contribution in [2.75, 3.05) is 0 Å². The third kappa shape index (κ3) is 2.16. The molecular weight excluding hydrogens is 523 g/mol. The molecule has 5 aromatic carbocycles. The quantitative estimate of drug-likeness (QED) is 0.191. The second kappa shape index (κ2) is 6.81. The number of hydrogen-bond acceptors (Lipinski definition) is 2. The molecule has 1 aromatic heterocycles. The number of fused-ring (bicyclic) bond motifs is 10. The lowest BCUT2D eigenvalue weighted by Gasteiger charge is -2.39. The fourth-order valence-corrected chi connectivity index (χ4v) is 10.6. The molecule has 43 heavy (non-hydrogen) atoms. The standard InChI is InChI=1S/C39H27BN2O/c1-19-17-27-37-35-30(19)22-10-7-13-28-32(22)34(35)33-25(12-8-14-29(33)43-28)40(37)26-18-23-21-9-3-4-11-24(21)39(15-5-6-16-39)36(23)31-20(2)41-42(27)38(26)31/h3-4,7-14,17-18,34H,5-6,15-16H2,1-2H3/i1D3. The summed E-state index contributed by atoms with van der Waals surface area (Å²) in [7, 11) is 0. The van der Waals surface area contributed by atoms with Gasteiger partial charge in [0, 0.05) is 32.0 Å². The van der Waals surface area contributed by atoms with Crippen molar-refractivity contribution >= 4 is 34.0 Å². The van der Waals surface area contributed by atoms with Crippen molar-refractivity contribution < 1.29 is 8.85 Å². The molecule has 4 heterocycles.